The maximum atomic E-state index is 15.0. The lowest BCUT2D eigenvalue weighted by molar-refractivity contribution is -0.132. The molecule has 1 saturated heterocycles. The van der Waals surface area contributed by atoms with Crippen molar-refractivity contribution in [1.82, 2.24) is 25.4 Å². The Labute approximate surface area is 336 Å². The molecule has 4 fully saturated rings. The number of hydrazone groups is 1. The molecule has 0 bridgehead atoms. The zero-order valence-corrected chi connectivity index (χ0v) is 33.8. The second-order valence-electron chi connectivity index (χ2n) is 18.6. The third kappa shape index (κ3) is 7.04. The molecule has 9 rings (SSSR count). The number of carbonyl (C=O) groups excluding carboxylic acids is 2. The average Bonchev–Trinajstić information content (AvgIpc) is 3.82. The van der Waals surface area contributed by atoms with E-state index in [1.54, 1.807) is 17.0 Å². The normalized spacial score (nSPS) is 30.3. The quantitative estimate of drug-likeness (QED) is 0.204. The first-order valence-electron chi connectivity index (χ1n) is 21.7. The van der Waals surface area contributed by atoms with Crippen LogP contribution in [0.4, 0.5) is 4.39 Å². The Morgan fingerprint density at radius 1 is 0.930 bits per heavy atom. The van der Waals surface area contributed by atoms with Crippen molar-refractivity contribution in [1.29, 1.82) is 0 Å². The molecule has 2 amide bonds. The van der Waals surface area contributed by atoms with Gasteiger partial charge in [0.25, 0.3) is 5.91 Å². The number of nitrogens with zero attached hydrogens (tertiary/aromatic N) is 4. The van der Waals surface area contributed by atoms with Crippen LogP contribution in [0.25, 0.3) is 5.70 Å². The van der Waals surface area contributed by atoms with Crippen LogP contribution in [0.5, 0.6) is 0 Å². The van der Waals surface area contributed by atoms with E-state index in [4.69, 9.17) is 4.74 Å². The summed E-state index contributed by atoms with van der Waals surface area (Å²) < 4.78 is 21.7. The fraction of sp³-hybridized carbons (Fsp3) is 0.574. The van der Waals surface area contributed by atoms with Crippen molar-refractivity contribution >= 4 is 23.2 Å². The molecule has 3 saturated carbocycles. The number of benzene rings is 2. The largest absolute Gasteiger partial charge is 0.378 e. The Bertz CT molecular complexity index is 2050. The number of aromatic amines is 1. The van der Waals surface area contributed by atoms with Crippen LogP contribution in [0, 0.1) is 40.3 Å². The molecule has 2 N–H and O–H groups in total. The highest BCUT2D eigenvalue weighted by Crippen LogP contribution is 2.66. The topological polar surface area (TPSA) is 103 Å². The number of hydrogen-bond donors (Lipinski definition) is 2. The standard InChI is InChI=1S/C47H59FN6O3/c1-30-34-9-6-7-10-35(34)42(52-50-30)26-31-12-16-40(48)37(25-31)45(56)54-22-20-53(21-23-54)44(55)11-5-4-8-24-57-43-17-15-38-36-14-13-33-27-41-32(29-49-51-41)28-47(33,3)39(36)18-19-46(38,43)2/h6-7,9-10,12,16,25,29,33,36,38-39,43,50H,1,4-5,8,11,13-15,17-24,26-28H2,2-3H3,(H,49,51)/t33-,36-,38-,39-,43-,46-,47-/m0/s1. The van der Waals surface area contributed by atoms with Crippen molar-refractivity contribution in [2.45, 2.75) is 103 Å². The highest BCUT2D eigenvalue weighted by atomic mass is 19.1. The van der Waals surface area contributed by atoms with Gasteiger partial charge in [-0.1, -0.05) is 57.2 Å². The maximum Gasteiger partial charge on any atom is 0.256 e. The Kier molecular flexibility index (Phi) is 10.4. The molecule has 0 radical (unpaired) electrons. The zero-order valence-electron chi connectivity index (χ0n) is 33.8. The summed E-state index contributed by atoms with van der Waals surface area (Å²) in [6.07, 6.45) is 16.3. The molecule has 3 aromatic rings. The number of unbranched alkanes of at least 4 members (excludes halogenated alkanes) is 2. The summed E-state index contributed by atoms with van der Waals surface area (Å²) in [7, 11) is 0. The summed E-state index contributed by atoms with van der Waals surface area (Å²) in [4.78, 5) is 30.2. The molecule has 4 aliphatic carbocycles. The van der Waals surface area contributed by atoms with Crippen molar-refractivity contribution in [3.8, 4) is 0 Å². The number of amides is 2. The fourth-order valence-electron chi connectivity index (χ4n) is 12.4. The van der Waals surface area contributed by atoms with Crippen molar-refractivity contribution < 1.29 is 18.7 Å². The molecule has 2 aromatic carbocycles. The van der Waals surface area contributed by atoms with Crippen LogP contribution < -0.4 is 5.43 Å². The van der Waals surface area contributed by atoms with Crippen molar-refractivity contribution in [3.05, 3.63) is 94.6 Å². The second-order valence-corrected chi connectivity index (χ2v) is 18.6. The Morgan fingerprint density at radius 2 is 1.72 bits per heavy atom. The number of aromatic nitrogens is 2. The van der Waals surface area contributed by atoms with Gasteiger partial charge in [-0.15, -0.1) is 0 Å². The summed E-state index contributed by atoms with van der Waals surface area (Å²) in [5, 5.41) is 12.2. The summed E-state index contributed by atoms with van der Waals surface area (Å²) >= 11 is 0. The SMILES string of the molecule is C=C1NN=C(Cc2ccc(F)c(C(=O)N3CCN(C(=O)CCCCCO[C@H]4CC[C@H]5[C@@H]6CC[C@H]7Cc8[nH]ncc8C[C@]7(C)[C@H]6CC[C@]45C)CC3)c2)c2ccccc21. The van der Waals surface area contributed by atoms with Gasteiger partial charge in [0.2, 0.25) is 5.91 Å². The number of hydrogen-bond acceptors (Lipinski definition) is 6. The number of carbonyl (C=O) groups is 2. The Hall–Kier alpha value is -4.31. The number of piperazine rings is 1. The van der Waals surface area contributed by atoms with Gasteiger partial charge in [-0.05, 0) is 122 Å². The summed E-state index contributed by atoms with van der Waals surface area (Å²) in [6, 6.07) is 12.6. The lowest BCUT2D eigenvalue weighted by Gasteiger charge is -2.60. The van der Waals surface area contributed by atoms with Crippen molar-refractivity contribution in [3.63, 3.8) is 0 Å². The fourth-order valence-corrected chi connectivity index (χ4v) is 12.4. The maximum absolute atomic E-state index is 15.0. The first kappa shape index (κ1) is 38.2. The first-order chi connectivity index (χ1) is 27.6. The van der Waals surface area contributed by atoms with Gasteiger partial charge in [0, 0.05) is 62.4 Å². The molecular weight excluding hydrogens is 716 g/mol. The van der Waals surface area contributed by atoms with Crippen LogP contribution in [0.15, 0.2) is 60.3 Å². The number of fused-ring (bicyclic) bond motifs is 7. The molecule has 0 spiro atoms. The minimum atomic E-state index is -0.538. The number of ether oxygens (including phenoxy) is 1. The van der Waals surface area contributed by atoms with Gasteiger partial charge in [-0.25, -0.2) is 4.39 Å². The van der Waals surface area contributed by atoms with Gasteiger partial charge in [-0.3, -0.25) is 20.1 Å². The lowest BCUT2D eigenvalue weighted by atomic mass is 9.45. The third-order valence-electron chi connectivity index (χ3n) is 15.6. The molecule has 57 heavy (non-hydrogen) atoms. The summed E-state index contributed by atoms with van der Waals surface area (Å²) in [6.45, 7) is 11.7. The Morgan fingerprint density at radius 3 is 2.56 bits per heavy atom. The average molecular weight is 775 g/mol. The van der Waals surface area contributed by atoms with Crippen LogP contribution in [0.1, 0.15) is 116 Å². The van der Waals surface area contributed by atoms with Crippen LogP contribution in [-0.2, 0) is 28.8 Å². The lowest BCUT2D eigenvalue weighted by Crippen LogP contribution is -2.54. The van der Waals surface area contributed by atoms with Gasteiger partial charge >= 0.3 is 0 Å². The highest BCUT2D eigenvalue weighted by molar-refractivity contribution is 6.07. The van der Waals surface area contributed by atoms with Crippen LogP contribution in [0.3, 0.4) is 0 Å². The van der Waals surface area contributed by atoms with Crippen molar-refractivity contribution in [2.24, 2.45) is 39.6 Å². The van der Waals surface area contributed by atoms with E-state index < -0.39 is 5.82 Å². The minimum absolute atomic E-state index is 0.0568. The van der Waals surface area contributed by atoms with Gasteiger partial charge in [-0.2, -0.15) is 10.2 Å². The van der Waals surface area contributed by atoms with E-state index in [9.17, 15) is 9.59 Å². The van der Waals surface area contributed by atoms with Crippen molar-refractivity contribution in [2.75, 3.05) is 32.8 Å². The molecule has 7 atom stereocenters. The van der Waals surface area contributed by atoms with Gasteiger partial charge < -0.3 is 14.5 Å². The number of H-pyrrole nitrogens is 1. The second kappa shape index (κ2) is 15.5. The molecule has 2 aliphatic heterocycles. The van der Waals surface area contributed by atoms with E-state index in [2.05, 4.69) is 47.3 Å². The summed E-state index contributed by atoms with van der Waals surface area (Å²) in [5.74, 6) is 2.42. The number of rotatable bonds is 10. The predicted molar refractivity (Wildman–Crippen MR) is 220 cm³/mol. The minimum Gasteiger partial charge on any atom is -0.378 e. The molecule has 3 heterocycles. The van der Waals surface area contributed by atoms with Gasteiger partial charge in [0.15, 0.2) is 0 Å². The van der Waals surface area contributed by atoms with E-state index in [1.165, 1.54) is 68.7 Å². The van der Waals surface area contributed by atoms with E-state index in [0.717, 1.165) is 77.6 Å². The van der Waals surface area contributed by atoms with Gasteiger partial charge in [0.05, 0.1) is 29.3 Å². The molecule has 302 valence electrons. The van der Waals surface area contributed by atoms with Gasteiger partial charge in [0.1, 0.15) is 5.82 Å². The summed E-state index contributed by atoms with van der Waals surface area (Å²) in [5.41, 5.74) is 10.9. The Balaban J connectivity index is 0.702. The van der Waals surface area contributed by atoms with Crippen LogP contribution in [0.2, 0.25) is 0 Å². The zero-order chi connectivity index (χ0) is 39.3. The first-order valence-corrected chi connectivity index (χ1v) is 21.7. The van der Waals surface area contributed by atoms with E-state index in [1.807, 2.05) is 29.2 Å². The van der Waals surface area contributed by atoms with E-state index >= 15 is 4.39 Å². The van der Waals surface area contributed by atoms with E-state index in [0.29, 0.717) is 50.5 Å². The highest BCUT2D eigenvalue weighted by Gasteiger charge is 2.60. The smallest absolute Gasteiger partial charge is 0.256 e. The number of halogens is 1. The predicted octanol–water partition coefficient (Wildman–Crippen LogP) is 7.96. The molecule has 1 aromatic heterocycles. The molecular formula is C47H59FN6O3. The molecule has 10 heteroatoms. The monoisotopic (exact) mass is 774 g/mol. The number of nitrogens with one attached hydrogen (secondary N) is 2. The molecule has 9 nitrogen and oxygen atoms in total. The molecule has 6 aliphatic rings. The molecule has 0 unspecified atom stereocenters. The third-order valence-corrected chi connectivity index (χ3v) is 15.6. The van der Waals surface area contributed by atoms with E-state index in [-0.39, 0.29) is 22.8 Å². The van der Waals surface area contributed by atoms with Crippen LogP contribution >= 0.6 is 0 Å². The van der Waals surface area contributed by atoms with Crippen LogP contribution in [-0.4, -0.2) is 76.4 Å².